The highest BCUT2D eigenvalue weighted by atomic mass is 16.5. The molecule has 0 aromatic heterocycles. The van der Waals surface area contributed by atoms with Gasteiger partial charge >= 0.3 is 11.9 Å². The Kier molecular flexibility index (Phi) is 7.56. The number of hydrogen-bond acceptors (Lipinski definition) is 6. The second kappa shape index (κ2) is 9.97. The summed E-state index contributed by atoms with van der Waals surface area (Å²) >= 11 is 0. The molecule has 0 bridgehead atoms. The summed E-state index contributed by atoms with van der Waals surface area (Å²) in [5, 5.41) is 21.0. The van der Waals surface area contributed by atoms with Crippen molar-refractivity contribution in [1.29, 1.82) is 0 Å². The summed E-state index contributed by atoms with van der Waals surface area (Å²) in [6.07, 6.45) is 9.89. The Morgan fingerprint density at radius 1 is 1.11 bits per heavy atom. The molecule has 4 aliphatic carbocycles. The predicted molar refractivity (Wildman–Crippen MR) is 143 cm³/mol. The number of ether oxygens (including phenoxy) is 1. The molecule has 4 aliphatic rings. The number of carbonyl (C=O) groups is 2. The minimum atomic E-state index is -1.01. The van der Waals surface area contributed by atoms with Crippen molar-refractivity contribution in [3.8, 4) is 0 Å². The van der Waals surface area contributed by atoms with Crippen LogP contribution in [0.15, 0.2) is 34.9 Å². The SMILES string of the molecule is CC(=O)O[C@H]1C[C@@]2(C)[C@@H](CC[C@H]3[C@@]4(C)CC[C@@H](O)[C@@H](CN)[C@@H]4CC[C@@]32N)/C1=C(\C=C/C=C(C)C)C(=O)O. The molecule has 0 aliphatic heterocycles. The molecule has 9 atom stereocenters. The second-order valence-corrected chi connectivity index (χ2v) is 12.9. The third kappa shape index (κ3) is 4.41. The van der Waals surface area contributed by atoms with Gasteiger partial charge in [0.2, 0.25) is 0 Å². The Morgan fingerprint density at radius 3 is 2.41 bits per heavy atom. The largest absolute Gasteiger partial charge is 0.478 e. The molecule has 4 saturated carbocycles. The fraction of sp³-hybridized carbons (Fsp3) is 0.733. The Balaban J connectivity index is 1.81. The lowest BCUT2D eigenvalue weighted by Gasteiger charge is -2.67. The maximum atomic E-state index is 12.5. The predicted octanol–water partition coefficient (Wildman–Crippen LogP) is 4.10. The van der Waals surface area contributed by atoms with Gasteiger partial charge in [0.1, 0.15) is 6.10 Å². The number of rotatable bonds is 5. The monoisotopic (exact) mass is 514 g/mol. The summed E-state index contributed by atoms with van der Waals surface area (Å²) < 4.78 is 5.83. The van der Waals surface area contributed by atoms with E-state index in [2.05, 4.69) is 13.8 Å². The van der Waals surface area contributed by atoms with Crippen LogP contribution in [0.2, 0.25) is 0 Å². The molecule has 0 saturated heterocycles. The van der Waals surface area contributed by atoms with Crippen LogP contribution in [-0.4, -0.2) is 46.4 Å². The van der Waals surface area contributed by atoms with E-state index in [0.29, 0.717) is 24.5 Å². The quantitative estimate of drug-likeness (QED) is 0.246. The van der Waals surface area contributed by atoms with Crippen LogP contribution in [0, 0.1) is 34.5 Å². The van der Waals surface area contributed by atoms with E-state index in [-0.39, 0.29) is 34.8 Å². The van der Waals surface area contributed by atoms with E-state index in [1.54, 1.807) is 12.2 Å². The van der Waals surface area contributed by atoms with Gasteiger partial charge < -0.3 is 26.4 Å². The highest BCUT2D eigenvalue weighted by Gasteiger charge is 2.69. The molecule has 0 aromatic rings. The lowest BCUT2D eigenvalue weighted by molar-refractivity contribution is -0.166. The molecule has 0 aromatic carbocycles. The Bertz CT molecular complexity index is 1030. The number of carbonyl (C=O) groups excluding carboxylic acids is 1. The molecular weight excluding hydrogens is 468 g/mol. The molecule has 7 heteroatoms. The lowest BCUT2D eigenvalue weighted by atomic mass is 9.39. The highest BCUT2D eigenvalue weighted by molar-refractivity contribution is 5.91. The van der Waals surface area contributed by atoms with Crippen molar-refractivity contribution >= 4 is 11.9 Å². The van der Waals surface area contributed by atoms with Crippen LogP contribution in [0.1, 0.15) is 79.6 Å². The van der Waals surface area contributed by atoms with Crippen molar-refractivity contribution in [2.24, 2.45) is 46.0 Å². The first kappa shape index (κ1) is 28.1. The zero-order chi connectivity index (χ0) is 27.3. The smallest absolute Gasteiger partial charge is 0.335 e. The van der Waals surface area contributed by atoms with Gasteiger partial charge in [0, 0.05) is 18.4 Å². The van der Waals surface area contributed by atoms with E-state index in [4.69, 9.17) is 16.2 Å². The summed E-state index contributed by atoms with van der Waals surface area (Å²) in [6, 6.07) is 0. The summed E-state index contributed by atoms with van der Waals surface area (Å²) in [7, 11) is 0. The first-order chi connectivity index (χ1) is 17.3. The van der Waals surface area contributed by atoms with E-state index >= 15 is 0 Å². The summed E-state index contributed by atoms with van der Waals surface area (Å²) in [4.78, 5) is 24.7. The number of hydrogen-bond donors (Lipinski definition) is 4. The second-order valence-electron chi connectivity index (χ2n) is 12.9. The third-order valence-corrected chi connectivity index (χ3v) is 10.8. The Labute approximate surface area is 221 Å². The van der Waals surface area contributed by atoms with Gasteiger partial charge in [0.15, 0.2) is 0 Å². The van der Waals surface area contributed by atoms with E-state index in [9.17, 15) is 19.8 Å². The van der Waals surface area contributed by atoms with Crippen LogP contribution < -0.4 is 11.5 Å². The third-order valence-electron chi connectivity index (χ3n) is 10.8. The lowest BCUT2D eigenvalue weighted by Crippen LogP contribution is -2.71. The molecule has 7 nitrogen and oxygen atoms in total. The van der Waals surface area contributed by atoms with Crippen LogP contribution in [0.3, 0.4) is 0 Å². The van der Waals surface area contributed by atoms with Gasteiger partial charge in [-0.1, -0.05) is 31.6 Å². The van der Waals surface area contributed by atoms with Gasteiger partial charge in [-0.15, -0.1) is 0 Å². The summed E-state index contributed by atoms with van der Waals surface area (Å²) in [5.41, 5.74) is 14.7. The van der Waals surface area contributed by atoms with Crippen LogP contribution in [0.5, 0.6) is 0 Å². The average molecular weight is 515 g/mol. The molecule has 0 heterocycles. The normalized spacial score (nSPS) is 44.4. The van der Waals surface area contributed by atoms with Crippen molar-refractivity contribution in [3.05, 3.63) is 34.9 Å². The zero-order valence-corrected chi connectivity index (χ0v) is 23.1. The van der Waals surface area contributed by atoms with Crippen LogP contribution >= 0.6 is 0 Å². The Hall–Kier alpha value is -1.96. The van der Waals surface area contributed by atoms with Gasteiger partial charge in [-0.05, 0) is 106 Å². The minimum Gasteiger partial charge on any atom is -0.478 e. The molecule has 6 N–H and O–H groups in total. The minimum absolute atomic E-state index is 0.0351. The number of aliphatic hydroxyl groups excluding tert-OH is 1. The molecule has 4 fully saturated rings. The standard InChI is InChI=1S/C30H46N2O5/c1-17(2)7-6-8-19(27(35)36)26-22-9-10-25-28(4)13-12-23(34)20(16-31)21(28)11-14-30(25,32)29(22,5)15-24(26)37-18(3)33/h6-8,20-25,34H,9-16,31-32H2,1-5H3,(H,35,36)/b8-6-,26-19-/t20-,21-,22-,23+,24-,25-,28-,29-,30+/m0/s1. The molecule has 4 rings (SSSR count). The van der Waals surface area contributed by atoms with Gasteiger partial charge in [-0.25, -0.2) is 4.79 Å². The van der Waals surface area contributed by atoms with E-state index in [1.807, 2.05) is 19.9 Å². The average Bonchev–Trinajstić information content (AvgIpc) is 3.08. The van der Waals surface area contributed by atoms with Crippen molar-refractivity contribution in [2.45, 2.75) is 97.3 Å². The fourth-order valence-electron chi connectivity index (χ4n) is 9.16. The topological polar surface area (TPSA) is 136 Å². The first-order valence-electron chi connectivity index (χ1n) is 13.9. The van der Waals surface area contributed by atoms with Crippen molar-refractivity contribution in [3.63, 3.8) is 0 Å². The number of carboxylic acids is 1. The van der Waals surface area contributed by atoms with Gasteiger partial charge in [-0.3, -0.25) is 4.79 Å². The van der Waals surface area contributed by atoms with Gasteiger partial charge in [-0.2, -0.15) is 0 Å². The molecule has 206 valence electrons. The first-order valence-corrected chi connectivity index (χ1v) is 13.9. The van der Waals surface area contributed by atoms with Crippen LogP contribution in [0.4, 0.5) is 0 Å². The number of allylic oxidation sites excluding steroid dienone is 3. The molecule has 37 heavy (non-hydrogen) atoms. The number of esters is 1. The van der Waals surface area contributed by atoms with Crippen LogP contribution in [-0.2, 0) is 14.3 Å². The number of aliphatic carboxylic acids is 1. The zero-order valence-electron chi connectivity index (χ0n) is 23.1. The summed E-state index contributed by atoms with van der Waals surface area (Å²) in [6.45, 7) is 10.3. The Morgan fingerprint density at radius 2 is 1.81 bits per heavy atom. The van der Waals surface area contributed by atoms with Gasteiger partial charge in [0.05, 0.1) is 11.7 Å². The van der Waals surface area contributed by atoms with E-state index in [1.165, 1.54) is 6.92 Å². The number of fused-ring (bicyclic) bond motifs is 5. The molecule has 0 amide bonds. The van der Waals surface area contributed by atoms with Crippen molar-refractivity contribution < 1.29 is 24.5 Å². The summed E-state index contributed by atoms with van der Waals surface area (Å²) in [5.74, 6) is -0.863. The van der Waals surface area contributed by atoms with Crippen molar-refractivity contribution in [1.82, 2.24) is 0 Å². The maximum Gasteiger partial charge on any atom is 0.335 e. The number of nitrogens with two attached hydrogens (primary N) is 2. The molecule has 0 unspecified atom stereocenters. The van der Waals surface area contributed by atoms with Gasteiger partial charge in [0.25, 0.3) is 0 Å². The highest BCUT2D eigenvalue weighted by Crippen LogP contribution is 2.70. The maximum absolute atomic E-state index is 12.5. The molecule has 0 spiro atoms. The molecule has 0 radical (unpaired) electrons. The number of aliphatic hydroxyl groups is 1. The fourth-order valence-corrected chi connectivity index (χ4v) is 9.16. The van der Waals surface area contributed by atoms with E-state index < -0.39 is 29.0 Å². The van der Waals surface area contributed by atoms with E-state index in [0.717, 1.165) is 44.1 Å². The number of carboxylic acid groups (broad SMARTS) is 1. The molecular formula is C30H46N2O5. The van der Waals surface area contributed by atoms with Crippen molar-refractivity contribution in [2.75, 3.05) is 6.54 Å². The van der Waals surface area contributed by atoms with Crippen LogP contribution in [0.25, 0.3) is 0 Å².